The standard InChI is InChI=1S/C17H28N2S/c1-13(2)19(14(3)4)10-9-18-12-16-11-15-7-5-6-8-17(15)20-16/h5-8,13-14,16,18H,9-12H2,1-4H3. The van der Waals surface area contributed by atoms with E-state index < -0.39 is 0 Å². The van der Waals surface area contributed by atoms with Gasteiger partial charge in [-0.15, -0.1) is 11.8 Å². The first kappa shape index (κ1) is 15.9. The van der Waals surface area contributed by atoms with Crippen LogP contribution in [0.15, 0.2) is 29.2 Å². The predicted molar refractivity (Wildman–Crippen MR) is 89.6 cm³/mol. The first-order valence-corrected chi connectivity index (χ1v) is 8.67. The van der Waals surface area contributed by atoms with Crippen LogP contribution in [0.25, 0.3) is 0 Å². The van der Waals surface area contributed by atoms with Crippen molar-refractivity contribution >= 4 is 11.8 Å². The fraction of sp³-hybridized carbons (Fsp3) is 0.647. The van der Waals surface area contributed by atoms with Gasteiger partial charge in [0.15, 0.2) is 0 Å². The first-order chi connectivity index (χ1) is 9.58. The monoisotopic (exact) mass is 292 g/mol. The molecule has 1 aliphatic heterocycles. The molecule has 112 valence electrons. The Balaban J connectivity index is 1.68. The number of fused-ring (bicyclic) bond motifs is 1. The predicted octanol–water partition coefficient (Wildman–Crippen LogP) is 3.41. The molecule has 1 aromatic rings. The Morgan fingerprint density at radius 3 is 2.55 bits per heavy atom. The Bertz CT molecular complexity index is 384. The summed E-state index contributed by atoms with van der Waals surface area (Å²) in [5.74, 6) is 0. The molecule has 1 atom stereocenters. The molecule has 1 aromatic carbocycles. The maximum absolute atomic E-state index is 3.64. The lowest BCUT2D eigenvalue weighted by Crippen LogP contribution is -2.42. The van der Waals surface area contributed by atoms with E-state index in [9.17, 15) is 0 Å². The van der Waals surface area contributed by atoms with Crippen molar-refractivity contribution in [2.75, 3.05) is 19.6 Å². The van der Waals surface area contributed by atoms with Crippen molar-refractivity contribution in [3.63, 3.8) is 0 Å². The second-order valence-corrected chi connectivity index (χ2v) is 7.52. The Hall–Kier alpha value is -0.510. The fourth-order valence-corrected chi connectivity index (χ4v) is 4.23. The second kappa shape index (κ2) is 7.48. The summed E-state index contributed by atoms with van der Waals surface area (Å²) >= 11 is 2.03. The molecule has 0 aromatic heterocycles. The Morgan fingerprint density at radius 2 is 1.90 bits per heavy atom. The molecule has 1 unspecified atom stereocenters. The van der Waals surface area contributed by atoms with Gasteiger partial charge in [-0.25, -0.2) is 0 Å². The smallest absolute Gasteiger partial charge is 0.0260 e. The molecule has 0 radical (unpaired) electrons. The Kier molecular flexibility index (Phi) is 5.94. The van der Waals surface area contributed by atoms with Gasteiger partial charge in [-0.05, 0) is 45.7 Å². The van der Waals surface area contributed by atoms with E-state index in [4.69, 9.17) is 0 Å². The second-order valence-electron chi connectivity index (χ2n) is 6.18. The van der Waals surface area contributed by atoms with Crippen molar-refractivity contribution in [3.8, 4) is 0 Å². The zero-order valence-electron chi connectivity index (χ0n) is 13.2. The van der Waals surface area contributed by atoms with Crippen LogP contribution in [0.4, 0.5) is 0 Å². The summed E-state index contributed by atoms with van der Waals surface area (Å²) in [6.07, 6.45) is 1.21. The molecule has 0 spiro atoms. The number of rotatable bonds is 7. The molecular weight excluding hydrogens is 264 g/mol. The summed E-state index contributed by atoms with van der Waals surface area (Å²) in [7, 11) is 0. The third kappa shape index (κ3) is 4.24. The zero-order valence-corrected chi connectivity index (χ0v) is 14.0. The highest BCUT2D eigenvalue weighted by Crippen LogP contribution is 2.36. The van der Waals surface area contributed by atoms with Crippen LogP contribution in [0, 0.1) is 0 Å². The van der Waals surface area contributed by atoms with Crippen molar-refractivity contribution in [2.24, 2.45) is 0 Å². The van der Waals surface area contributed by atoms with Gasteiger partial charge in [-0.2, -0.15) is 0 Å². The Labute approximate surface area is 128 Å². The molecular formula is C17H28N2S. The van der Waals surface area contributed by atoms with Crippen LogP contribution in [0.5, 0.6) is 0 Å². The van der Waals surface area contributed by atoms with E-state index in [0.717, 1.165) is 19.6 Å². The van der Waals surface area contributed by atoms with Crippen molar-refractivity contribution in [2.45, 2.75) is 56.3 Å². The van der Waals surface area contributed by atoms with E-state index >= 15 is 0 Å². The SMILES string of the molecule is CC(C)N(CCNCC1Cc2ccccc2S1)C(C)C. The summed E-state index contributed by atoms with van der Waals surface area (Å²) in [5.41, 5.74) is 1.52. The van der Waals surface area contributed by atoms with Gasteiger partial charge >= 0.3 is 0 Å². The van der Waals surface area contributed by atoms with E-state index in [1.165, 1.54) is 16.9 Å². The van der Waals surface area contributed by atoms with Crippen LogP contribution in [-0.4, -0.2) is 41.9 Å². The van der Waals surface area contributed by atoms with E-state index in [0.29, 0.717) is 17.3 Å². The quantitative estimate of drug-likeness (QED) is 0.775. The number of thioether (sulfide) groups is 1. The molecule has 0 saturated heterocycles. The lowest BCUT2D eigenvalue weighted by atomic mass is 10.1. The Morgan fingerprint density at radius 1 is 1.20 bits per heavy atom. The number of benzene rings is 1. The molecule has 0 saturated carbocycles. The summed E-state index contributed by atoms with van der Waals surface area (Å²) in [6.45, 7) is 12.5. The van der Waals surface area contributed by atoms with Crippen molar-refractivity contribution in [1.82, 2.24) is 10.2 Å². The van der Waals surface area contributed by atoms with Gasteiger partial charge < -0.3 is 5.32 Å². The molecule has 2 nitrogen and oxygen atoms in total. The summed E-state index contributed by atoms with van der Waals surface area (Å²) in [6, 6.07) is 10.1. The minimum absolute atomic E-state index is 0.627. The zero-order chi connectivity index (χ0) is 14.5. The average molecular weight is 292 g/mol. The molecule has 20 heavy (non-hydrogen) atoms. The number of hydrogen-bond acceptors (Lipinski definition) is 3. The highest BCUT2D eigenvalue weighted by molar-refractivity contribution is 8.00. The minimum atomic E-state index is 0.627. The van der Waals surface area contributed by atoms with E-state index in [-0.39, 0.29) is 0 Å². The van der Waals surface area contributed by atoms with Gasteiger partial charge in [0.05, 0.1) is 0 Å². The van der Waals surface area contributed by atoms with Crippen LogP contribution in [0.1, 0.15) is 33.3 Å². The average Bonchev–Trinajstić information content (AvgIpc) is 2.80. The maximum Gasteiger partial charge on any atom is 0.0260 e. The summed E-state index contributed by atoms with van der Waals surface area (Å²) < 4.78 is 0. The first-order valence-electron chi connectivity index (χ1n) is 7.79. The van der Waals surface area contributed by atoms with Gasteiger partial charge in [-0.3, -0.25) is 4.90 Å². The van der Waals surface area contributed by atoms with Gasteiger partial charge in [-0.1, -0.05) is 18.2 Å². The van der Waals surface area contributed by atoms with Gasteiger partial charge in [0.1, 0.15) is 0 Å². The van der Waals surface area contributed by atoms with E-state index in [1.54, 1.807) is 0 Å². The number of nitrogens with zero attached hydrogens (tertiary/aromatic N) is 1. The highest BCUT2D eigenvalue weighted by Gasteiger charge is 2.21. The fourth-order valence-electron chi connectivity index (χ4n) is 2.95. The number of hydrogen-bond donors (Lipinski definition) is 1. The van der Waals surface area contributed by atoms with Crippen molar-refractivity contribution < 1.29 is 0 Å². The van der Waals surface area contributed by atoms with Crippen LogP contribution in [-0.2, 0) is 6.42 Å². The molecule has 0 bridgehead atoms. The molecule has 2 rings (SSSR count). The van der Waals surface area contributed by atoms with E-state index in [1.807, 2.05) is 11.8 Å². The van der Waals surface area contributed by atoms with Gasteiger partial charge in [0.2, 0.25) is 0 Å². The third-order valence-corrected chi connectivity index (χ3v) is 5.28. The van der Waals surface area contributed by atoms with Crippen LogP contribution in [0.2, 0.25) is 0 Å². The van der Waals surface area contributed by atoms with Gasteiger partial charge in [0.25, 0.3) is 0 Å². The van der Waals surface area contributed by atoms with Crippen molar-refractivity contribution in [1.29, 1.82) is 0 Å². The van der Waals surface area contributed by atoms with Crippen molar-refractivity contribution in [3.05, 3.63) is 29.8 Å². The van der Waals surface area contributed by atoms with Gasteiger partial charge in [0, 0.05) is 41.9 Å². The highest BCUT2D eigenvalue weighted by atomic mass is 32.2. The largest absolute Gasteiger partial charge is 0.314 e. The normalized spacial score (nSPS) is 18.2. The summed E-state index contributed by atoms with van der Waals surface area (Å²) in [5, 5.41) is 4.35. The molecule has 1 aliphatic rings. The third-order valence-electron chi connectivity index (χ3n) is 3.96. The minimum Gasteiger partial charge on any atom is -0.314 e. The van der Waals surface area contributed by atoms with Crippen LogP contribution in [0.3, 0.4) is 0 Å². The molecule has 0 aliphatic carbocycles. The summed E-state index contributed by atoms with van der Waals surface area (Å²) in [4.78, 5) is 4.02. The molecule has 1 N–H and O–H groups in total. The number of nitrogens with one attached hydrogen (secondary N) is 1. The van der Waals surface area contributed by atoms with Crippen LogP contribution >= 0.6 is 11.8 Å². The molecule has 3 heteroatoms. The van der Waals surface area contributed by atoms with E-state index in [2.05, 4.69) is 62.2 Å². The lowest BCUT2D eigenvalue weighted by Gasteiger charge is -2.30. The maximum atomic E-state index is 3.64. The lowest BCUT2D eigenvalue weighted by molar-refractivity contribution is 0.176. The molecule has 1 heterocycles. The van der Waals surface area contributed by atoms with Crippen LogP contribution < -0.4 is 5.32 Å². The molecule has 0 amide bonds. The topological polar surface area (TPSA) is 15.3 Å². The molecule has 0 fully saturated rings.